The molecule has 0 aromatic heterocycles. The lowest BCUT2D eigenvalue weighted by Gasteiger charge is -2.45. The summed E-state index contributed by atoms with van der Waals surface area (Å²) in [5.41, 5.74) is 0.647. The van der Waals surface area contributed by atoms with Crippen LogP contribution in [-0.2, 0) is 6.42 Å². The average Bonchev–Trinajstić information content (AvgIpc) is 2.38. The monoisotopic (exact) mass is 276 g/mol. The molecule has 0 aliphatic heterocycles. The molecule has 112 valence electrons. The Morgan fingerprint density at radius 1 is 1.25 bits per heavy atom. The van der Waals surface area contributed by atoms with Crippen molar-refractivity contribution in [3.63, 3.8) is 0 Å². The lowest BCUT2D eigenvalue weighted by atomic mass is 9.65. The van der Waals surface area contributed by atoms with E-state index in [2.05, 4.69) is 32.9 Å². The van der Waals surface area contributed by atoms with E-state index >= 15 is 0 Å². The summed E-state index contributed by atoms with van der Waals surface area (Å²) in [5.74, 6) is 2.43. The van der Waals surface area contributed by atoms with E-state index < -0.39 is 5.60 Å². The maximum Gasteiger partial charge on any atom is 0.118 e. The normalized spacial score (nSPS) is 30.5. The predicted octanol–water partition coefficient (Wildman–Crippen LogP) is 4.06. The van der Waals surface area contributed by atoms with Crippen LogP contribution in [0.4, 0.5) is 0 Å². The van der Waals surface area contributed by atoms with Crippen LogP contribution in [0.5, 0.6) is 5.75 Å². The molecule has 2 heteroatoms. The molecule has 0 radical (unpaired) electrons. The molecule has 3 unspecified atom stereocenters. The van der Waals surface area contributed by atoms with Gasteiger partial charge in [0, 0.05) is 6.42 Å². The maximum absolute atomic E-state index is 11.2. The van der Waals surface area contributed by atoms with Gasteiger partial charge >= 0.3 is 0 Å². The van der Waals surface area contributed by atoms with Gasteiger partial charge in [-0.05, 0) is 48.3 Å². The topological polar surface area (TPSA) is 29.5 Å². The third-order valence-corrected chi connectivity index (χ3v) is 4.84. The SMILES string of the molecule is COc1ccc(CC2(O)CC(C)CCC2C(C)C)cc1. The fourth-order valence-electron chi connectivity index (χ4n) is 3.84. The first-order valence-electron chi connectivity index (χ1n) is 7.80. The van der Waals surface area contributed by atoms with Crippen molar-refractivity contribution in [1.82, 2.24) is 0 Å². The van der Waals surface area contributed by atoms with Crippen molar-refractivity contribution < 1.29 is 9.84 Å². The Morgan fingerprint density at radius 2 is 1.90 bits per heavy atom. The first-order valence-corrected chi connectivity index (χ1v) is 7.80. The van der Waals surface area contributed by atoms with Crippen LogP contribution in [0.3, 0.4) is 0 Å². The Labute approximate surface area is 123 Å². The largest absolute Gasteiger partial charge is 0.497 e. The molecule has 2 nitrogen and oxygen atoms in total. The van der Waals surface area contributed by atoms with Crippen molar-refractivity contribution in [3.8, 4) is 5.75 Å². The molecule has 0 amide bonds. The number of ether oxygens (including phenoxy) is 1. The molecule has 1 saturated carbocycles. The Bertz CT molecular complexity index is 424. The zero-order valence-electron chi connectivity index (χ0n) is 13.2. The molecule has 1 aromatic rings. The summed E-state index contributed by atoms with van der Waals surface area (Å²) in [5, 5.41) is 11.2. The number of hydrogen-bond acceptors (Lipinski definition) is 2. The molecule has 0 saturated heterocycles. The van der Waals surface area contributed by atoms with Crippen molar-refractivity contribution in [3.05, 3.63) is 29.8 Å². The Hall–Kier alpha value is -1.02. The predicted molar refractivity (Wildman–Crippen MR) is 83.0 cm³/mol. The van der Waals surface area contributed by atoms with Crippen LogP contribution in [0, 0.1) is 17.8 Å². The van der Waals surface area contributed by atoms with E-state index in [-0.39, 0.29) is 0 Å². The molecule has 0 spiro atoms. The molecule has 0 heterocycles. The van der Waals surface area contributed by atoms with Gasteiger partial charge in [-0.25, -0.2) is 0 Å². The van der Waals surface area contributed by atoms with Crippen molar-refractivity contribution >= 4 is 0 Å². The van der Waals surface area contributed by atoms with Crippen LogP contribution in [0.25, 0.3) is 0 Å². The van der Waals surface area contributed by atoms with Crippen LogP contribution in [0.15, 0.2) is 24.3 Å². The van der Waals surface area contributed by atoms with Gasteiger partial charge in [0.05, 0.1) is 12.7 Å². The molecular weight excluding hydrogens is 248 g/mol. The second-order valence-electron chi connectivity index (χ2n) is 6.87. The minimum Gasteiger partial charge on any atom is -0.497 e. The van der Waals surface area contributed by atoms with Gasteiger partial charge < -0.3 is 9.84 Å². The molecule has 1 aliphatic carbocycles. The van der Waals surface area contributed by atoms with E-state index in [1.165, 1.54) is 12.0 Å². The Balaban J connectivity index is 2.17. The lowest BCUT2D eigenvalue weighted by Crippen LogP contribution is -2.47. The van der Waals surface area contributed by atoms with E-state index in [9.17, 15) is 5.11 Å². The van der Waals surface area contributed by atoms with Gasteiger partial charge in [-0.2, -0.15) is 0 Å². The van der Waals surface area contributed by atoms with Gasteiger partial charge in [-0.3, -0.25) is 0 Å². The fraction of sp³-hybridized carbons (Fsp3) is 0.667. The van der Waals surface area contributed by atoms with Crippen molar-refractivity contribution in [1.29, 1.82) is 0 Å². The zero-order chi connectivity index (χ0) is 14.8. The second-order valence-corrected chi connectivity index (χ2v) is 6.87. The number of hydrogen-bond donors (Lipinski definition) is 1. The fourth-order valence-corrected chi connectivity index (χ4v) is 3.84. The first-order chi connectivity index (χ1) is 9.44. The highest BCUT2D eigenvalue weighted by Crippen LogP contribution is 2.42. The van der Waals surface area contributed by atoms with Crippen molar-refractivity contribution in [2.75, 3.05) is 7.11 Å². The van der Waals surface area contributed by atoms with Crippen LogP contribution in [0.1, 0.15) is 45.6 Å². The van der Waals surface area contributed by atoms with Crippen LogP contribution in [-0.4, -0.2) is 17.8 Å². The molecule has 2 rings (SSSR count). The minimum atomic E-state index is -0.555. The smallest absolute Gasteiger partial charge is 0.118 e. The van der Waals surface area contributed by atoms with E-state index in [4.69, 9.17) is 4.74 Å². The van der Waals surface area contributed by atoms with Crippen LogP contribution in [0.2, 0.25) is 0 Å². The summed E-state index contributed by atoms with van der Waals surface area (Å²) in [7, 11) is 1.68. The number of benzene rings is 1. The molecule has 1 fully saturated rings. The lowest BCUT2D eigenvalue weighted by molar-refractivity contribution is -0.0795. The Morgan fingerprint density at radius 3 is 2.45 bits per heavy atom. The maximum atomic E-state index is 11.2. The Kier molecular flexibility index (Phi) is 4.74. The number of methoxy groups -OCH3 is 1. The summed E-state index contributed by atoms with van der Waals surface area (Å²) in [6, 6.07) is 8.12. The van der Waals surface area contributed by atoms with E-state index in [0.717, 1.165) is 25.0 Å². The second kappa shape index (κ2) is 6.17. The van der Waals surface area contributed by atoms with Crippen LogP contribution < -0.4 is 4.74 Å². The summed E-state index contributed by atoms with van der Waals surface area (Å²) in [4.78, 5) is 0. The van der Waals surface area contributed by atoms with Crippen molar-refractivity contribution in [2.45, 2.75) is 52.1 Å². The van der Waals surface area contributed by atoms with E-state index in [0.29, 0.717) is 17.8 Å². The van der Waals surface area contributed by atoms with Gasteiger partial charge in [0.15, 0.2) is 0 Å². The molecule has 1 N–H and O–H groups in total. The first kappa shape index (κ1) is 15.4. The van der Waals surface area contributed by atoms with Gasteiger partial charge in [0.2, 0.25) is 0 Å². The highest BCUT2D eigenvalue weighted by Gasteiger charge is 2.42. The third kappa shape index (κ3) is 3.35. The zero-order valence-corrected chi connectivity index (χ0v) is 13.2. The number of rotatable bonds is 4. The van der Waals surface area contributed by atoms with E-state index in [1.807, 2.05) is 12.1 Å². The summed E-state index contributed by atoms with van der Waals surface area (Å²) in [6.07, 6.45) is 4.06. The molecule has 1 aromatic carbocycles. The highest BCUT2D eigenvalue weighted by atomic mass is 16.5. The van der Waals surface area contributed by atoms with Gasteiger partial charge in [-0.15, -0.1) is 0 Å². The van der Waals surface area contributed by atoms with Gasteiger partial charge in [-0.1, -0.05) is 39.3 Å². The molecular formula is C18H28O2. The standard InChI is InChI=1S/C18H28O2/c1-13(2)17-10-5-14(3)11-18(17,19)12-15-6-8-16(20-4)9-7-15/h6-9,13-14,17,19H,5,10-12H2,1-4H3. The van der Waals surface area contributed by atoms with E-state index in [1.54, 1.807) is 7.11 Å². The van der Waals surface area contributed by atoms with Crippen molar-refractivity contribution in [2.24, 2.45) is 17.8 Å². The average molecular weight is 276 g/mol. The molecule has 1 aliphatic rings. The molecule has 3 atom stereocenters. The number of aliphatic hydroxyl groups is 1. The molecule has 0 bridgehead atoms. The highest BCUT2D eigenvalue weighted by molar-refractivity contribution is 5.28. The third-order valence-electron chi connectivity index (χ3n) is 4.84. The van der Waals surface area contributed by atoms with Crippen LogP contribution >= 0.6 is 0 Å². The summed E-state index contributed by atoms with van der Waals surface area (Å²) in [6.45, 7) is 6.73. The summed E-state index contributed by atoms with van der Waals surface area (Å²) < 4.78 is 5.20. The quantitative estimate of drug-likeness (QED) is 0.898. The molecule has 20 heavy (non-hydrogen) atoms. The summed E-state index contributed by atoms with van der Waals surface area (Å²) >= 11 is 0. The minimum absolute atomic E-state index is 0.404. The van der Waals surface area contributed by atoms with Gasteiger partial charge in [0.1, 0.15) is 5.75 Å². The van der Waals surface area contributed by atoms with Gasteiger partial charge in [0.25, 0.3) is 0 Å².